The molecule has 0 aromatic heterocycles. The predicted octanol–water partition coefficient (Wildman–Crippen LogP) is 3.23. The fourth-order valence-corrected chi connectivity index (χ4v) is 4.13. The van der Waals surface area contributed by atoms with E-state index in [9.17, 15) is 13.2 Å². The van der Waals surface area contributed by atoms with Crippen molar-refractivity contribution in [2.75, 3.05) is 11.9 Å². The minimum atomic E-state index is -3.48. The molecule has 0 unspecified atom stereocenters. The number of carbonyl (C=O) groups excluding carboxylic acids is 1. The number of amides is 1. The molecule has 0 saturated heterocycles. The summed E-state index contributed by atoms with van der Waals surface area (Å²) in [5, 5.41) is 2.88. The lowest BCUT2D eigenvalue weighted by Gasteiger charge is -2.05. The molecule has 3 rings (SSSR count). The van der Waals surface area contributed by atoms with Gasteiger partial charge in [0.2, 0.25) is 5.91 Å². The van der Waals surface area contributed by atoms with Crippen LogP contribution in [0.2, 0.25) is 0 Å². The summed E-state index contributed by atoms with van der Waals surface area (Å²) in [6, 6.07) is 14.5. The number of sulfonamides is 1. The van der Waals surface area contributed by atoms with Crippen molar-refractivity contribution in [3.8, 4) is 0 Å². The van der Waals surface area contributed by atoms with Gasteiger partial charge in [-0.25, -0.2) is 8.42 Å². The maximum absolute atomic E-state index is 12.0. The van der Waals surface area contributed by atoms with Crippen LogP contribution in [0.15, 0.2) is 58.4 Å². The van der Waals surface area contributed by atoms with E-state index in [0.717, 1.165) is 30.5 Å². The van der Waals surface area contributed by atoms with Gasteiger partial charge in [-0.15, -0.1) is 0 Å². The van der Waals surface area contributed by atoms with Crippen LogP contribution in [0.1, 0.15) is 36.8 Å². The molecule has 7 heteroatoms. The molecule has 2 aromatic carbocycles. The number of fused-ring (bicyclic) bond motifs is 1. The molecular weight excluding hydrogens is 362 g/mol. The maximum Gasteiger partial charge on any atom is 0.263 e. The molecule has 6 nitrogen and oxygen atoms in total. The Hall–Kier alpha value is -2.67. The SMILES string of the molecule is Cc1ccc(NC(=O)CCCCCN=C2NS(=O)(=O)c3ccccc32)cc1. The van der Waals surface area contributed by atoms with Crippen LogP contribution < -0.4 is 10.0 Å². The predicted molar refractivity (Wildman–Crippen MR) is 106 cm³/mol. The molecule has 27 heavy (non-hydrogen) atoms. The Morgan fingerprint density at radius 2 is 1.78 bits per heavy atom. The highest BCUT2D eigenvalue weighted by molar-refractivity contribution is 7.90. The third-order valence-corrected chi connectivity index (χ3v) is 5.73. The molecule has 1 amide bonds. The van der Waals surface area contributed by atoms with E-state index in [1.54, 1.807) is 24.3 Å². The molecule has 0 spiro atoms. The Labute approximate surface area is 159 Å². The molecule has 0 atom stereocenters. The van der Waals surface area contributed by atoms with Crippen molar-refractivity contribution in [1.29, 1.82) is 0 Å². The third kappa shape index (κ3) is 4.95. The van der Waals surface area contributed by atoms with Gasteiger partial charge in [-0.05, 0) is 44.0 Å². The van der Waals surface area contributed by atoms with E-state index in [4.69, 9.17) is 0 Å². The van der Waals surface area contributed by atoms with E-state index < -0.39 is 10.0 Å². The molecular formula is C20H23N3O3S. The molecule has 142 valence electrons. The van der Waals surface area contributed by atoms with Crippen molar-refractivity contribution in [2.24, 2.45) is 4.99 Å². The summed E-state index contributed by atoms with van der Waals surface area (Å²) in [5.41, 5.74) is 2.58. The van der Waals surface area contributed by atoms with Crippen LogP contribution in [0.3, 0.4) is 0 Å². The van der Waals surface area contributed by atoms with Crippen molar-refractivity contribution < 1.29 is 13.2 Å². The molecule has 0 bridgehead atoms. The monoisotopic (exact) mass is 385 g/mol. The molecule has 0 fully saturated rings. The Morgan fingerprint density at radius 1 is 1.04 bits per heavy atom. The van der Waals surface area contributed by atoms with E-state index in [0.29, 0.717) is 24.4 Å². The molecule has 2 N–H and O–H groups in total. The molecule has 0 aliphatic carbocycles. The molecule has 1 aliphatic rings. The Kier molecular flexibility index (Phi) is 5.91. The largest absolute Gasteiger partial charge is 0.326 e. The van der Waals surface area contributed by atoms with Gasteiger partial charge < -0.3 is 5.32 Å². The van der Waals surface area contributed by atoms with E-state index >= 15 is 0 Å². The highest BCUT2D eigenvalue weighted by atomic mass is 32.2. The number of hydrogen-bond acceptors (Lipinski definition) is 4. The van der Waals surface area contributed by atoms with Crippen molar-refractivity contribution in [3.05, 3.63) is 59.7 Å². The summed E-state index contributed by atoms with van der Waals surface area (Å²) in [7, 11) is -3.48. The summed E-state index contributed by atoms with van der Waals surface area (Å²) >= 11 is 0. The van der Waals surface area contributed by atoms with Crippen LogP contribution in [0.4, 0.5) is 5.69 Å². The fraction of sp³-hybridized carbons (Fsp3) is 0.300. The number of anilines is 1. The van der Waals surface area contributed by atoms with Crippen LogP contribution in [-0.2, 0) is 14.8 Å². The highest BCUT2D eigenvalue weighted by Crippen LogP contribution is 2.22. The van der Waals surface area contributed by atoms with Gasteiger partial charge in [-0.2, -0.15) is 0 Å². The standard InChI is InChI=1S/C20H23N3O3S/c1-15-10-12-16(13-11-15)22-19(24)9-3-2-6-14-21-20-17-7-4-5-8-18(17)27(25,26)23-20/h4-5,7-8,10-13H,2-3,6,9,14H2,1H3,(H,21,23)(H,22,24). The third-order valence-electron chi connectivity index (χ3n) is 4.33. The smallest absolute Gasteiger partial charge is 0.263 e. The number of unbranched alkanes of at least 4 members (excludes halogenated alkanes) is 2. The van der Waals surface area contributed by atoms with Gasteiger partial charge in [0.1, 0.15) is 5.84 Å². The summed E-state index contributed by atoms with van der Waals surface area (Å²) in [6.07, 6.45) is 2.88. The van der Waals surface area contributed by atoms with Crippen LogP contribution in [0, 0.1) is 6.92 Å². The first-order valence-corrected chi connectivity index (χ1v) is 10.5. The van der Waals surface area contributed by atoms with Gasteiger partial charge in [0.05, 0.1) is 4.90 Å². The Morgan fingerprint density at radius 3 is 2.56 bits per heavy atom. The van der Waals surface area contributed by atoms with Crippen molar-refractivity contribution in [1.82, 2.24) is 4.72 Å². The van der Waals surface area contributed by atoms with E-state index in [2.05, 4.69) is 15.0 Å². The van der Waals surface area contributed by atoms with Gasteiger partial charge in [-0.3, -0.25) is 14.5 Å². The van der Waals surface area contributed by atoms with E-state index in [1.807, 2.05) is 31.2 Å². The lowest BCUT2D eigenvalue weighted by Crippen LogP contribution is -2.22. The lowest BCUT2D eigenvalue weighted by atomic mass is 10.1. The first-order valence-electron chi connectivity index (χ1n) is 8.99. The number of hydrogen-bond donors (Lipinski definition) is 2. The molecule has 1 heterocycles. The zero-order valence-electron chi connectivity index (χ0n) is 15.2. The number of aliphatic imine (C=N–C) groups is 1. The van der Waals surface area contributed by atoms with Gasteiger partial charge in [-0.1, -0.05) is 36.2 Å². The van der Waals surface area contributed by atoms with Crippen molar-refractivity contribution in [3.63, 3.8) is 0 Å². The minimum absolute atomic E-state index is 0.00245. The lowest BCUT2D eigenvalue weighted by molar-refractivity contribution is -0.116. The normalized spacial score (nSPS) is 16.0. The van der Waals surface area contributed by atoms with Gasteiger partial charge >= 0.3 is 0 Å². The molecule has 0 radical (unpaired) electrons. The highest BCUT2D eigenvalue weighted by Gasteiger charge is 2.29. The van der Waals surface area contributed by atoms with Crippen LogP contribution >= 0.6 is 0 Å². The minimum Gasteiger partial charge on any atom is -0.326 e. The average Bonchev–Trinajstić information content (AvgIpc) is 2.91. The molecule has 1 aliphatic heterocycles. The second-order valence-corrected chi connectivity index (χ2v) is 8.21. The second-order valence-electron chi connectivity index (χ2n) is 6.56. The van der Waals surface area contributed by atoms with Gasteiger partial charge in [0.15, 0.2) is 0 Å². The number of nitrogens with one attached hydrogen (secondary N) is 2. The Bertz CT molecular complexity index is 951. The number of rotatable bonds is 7. The zero-order chi connectivity index (χ0) is 19.3. The number of carbonyl (C=O) groups is 1. The van der Waals surface area contributed by atoms with Crippen LogP contribution in [-0.4, -0.2) is 26.7 Å². The van der Waals surface area contributed by atoms with E-state index in [-0.39, 0.29) is 10.8 Å². The second kappa shape index (κ2) is 8.35. The average molecular weight is 385 g/mol. The molecule has 0 saturated carbocycles. The van der Waals surface area contributed by atoms with Crippen LogP contribution in [0.5, 0.6) is 0 Å². The zero-order valence-corrected chi connectivity index (χ0v) is 16.1. The topological polar surface area (TPSA) is 87.6 Å². The van der Waals surface area contributed by atoms with Crippen molar-refractivity contribution >= 4 is 27.5 Å². The maximum atomic E-state index is 12.0. The van der Waals surface area contributed by atoms with E-state index in [1.165, 1.54) is 0 Å². The number of amidine groups is 1. The quantitative estimate of drug-likeness (QED) is 0.717. The summed E-state index contributed by atoms with van der Waals surface area (Å²) in [5.74, 6) is 0.408. The van der Waals surface area contributed by atoms with Gasteiger partial charge in [0.25, 0.3) is 10.0 Å². The fourth-order valence-electron chi connectivity index (χ4n) is 2.88. The summed E-state index contributed by atoms with van der Waals surface area (Å²) in [6.45, 7) is 2.52. The molecule has 2 aromatic rings. The summed E-state index contributed by atoms with van der Waals surface area (Å²) < 4.78 is 26.5. The number of aryl methyl sites for hydroxylation is 1. The van der Waals surface area contributed by atoms with Crippen molar-refractivity contribution in [2.45, 2.75) is 37.5 Å². The summed E-state index contributed by atoms with van der Waals surface area (Å²) in [4.78, 5) is 16.6. The number of benzene rings is 2. The first-order chi connectivity index (χ1) is 13.0. The van der Waals surface area contributed by atoms with Crippen LogP contribution in [0.25, 0.3) is 0 Å². The Balaban J connectivity index is 1.40. The first kappa shape index (κ1) is 19.1. The van der Waals surface area contributed by atoms with Gasteiger partial charge in [0, 0.05) is 24.2 Å². The number of nitrogens with zero attached hydrogens (tertiary/aromatic N) is 1.